The number of piperidine rings is 1. The SMILES string of the molecule is Cc1nn(C)c(Oc2ccc(Cl)cc2Cl)c1C(=O)N1CCCCC1c1cccnc1. The van der Waals surface area contributed by atoms with Crippen LogP contribution in [-0.4, -0.2) is 32.1 Å². The van der Waals surface area contributed by atoms with Crippen molar-refractivity contribution in [3.8, 4) is 11.6 Å². The standard InChI is InChI=1S/C22H22Cl2N4O2/c1-14-20(22(27(2)26-14)30-19-9-8-16(23)12-17(19)24)21(29)28-11-4-3-7-18(28)15-6-5-10-25-13-15/h5-6,8-10,12-13,18H,3-4,7,11H2,1-2H3. The first-order chi connectivity index (χ1) is 14.5. The van der Waals surface area contributed by atoms with Crippen molar-refractivity contribution in [3.05, 3.63) is 69.6 Å². The van der Waals surface area contributed by atoms with Crippen molar-refractivity contribution in [1.29, 1.82) is 0 Å². The average Bonchev–Trinajstić information content (AvgIpc) is 3.03. The molecule has 6 nitrogen and oxygen atoms in total. The molecule has 1 aliphatic rings. The monoisotopic (exact) mass is 444 g/mol. The minimum Gasteiger partial charge on any atom is -0.437 e. The van der Waals surface area contributed by atoms with Gasteiger partial charge in [0.15, 0.2) is 0 Å². The minimum atomic E-state index is -0.103. The molecule has 30 heavy (non-hydrogen) atoms. The summed E-state index contributed by atoms with van der Waals surface area (Å²) in [5.41, 5.74) is 2.09. The summed E-state index contributed by atoms with van der Waals surface area (Å²) < 4.78 is 7.62. The van der Waals surface area contributed by atoms with Crippen LogP contribution in [0.25, 0.3) is 0 Å². The van der Waals surface area contributed by atoms with Gasteiger partial charge in [-0.3, -0.25) is 9.78 Å². The molecular weight excluding hydrogens is 423 g/mol. The van der Waals surface area contributed by atoms with Crippen LogP contribution >= 0.6 is 23.2 Å². The molecule has 1 aliphatic heterocycles. The van der Waals surface area contributed by atoms with Crippen LogP contribution in [0.1, 0.15) is 46.9 Å². The van der Waals surface area contributed by atoms with Crippen LogP contribution in [0, 0.1) is 6.92 Å². The van der Waals surface area contributed by atoms with Gasteiger partial charge in [-0.15, -0.1) is 0 Å². The lowest BCUT2D eigenvalue weighted by Crippen LogP contribution is -2.38. The van der Waals surface area contributed by atoms with Crippen LogP contribution in [0.3, 0.4) is 0 Å². The molecule has 0 aliphatic carbocycles. The van der Waals surface area contributed by atoms with Crippen molar-refractivity contribution >= 4 is 29.1 Å². The smallest absolute Gasteiger partial charge is 0.261 e. The molecule has 0 radical (unpaired) electrons. The first-order valence-corrected chi connectivity index (χ1v) is 10.6. The average molecular weight is 445 g/mol. The Hall–Kier alpha value is -2.57. The molecular formula is C22H22Cl2N4O2. The Morgan fingerprint density at radius 2 is 2.07 bits per heavy atom. The van der Waals surface area contributed by atoms with Crippen molar-refractivity contribution in [2.24, 2.45) is 7.05 Å². The molecule has 4 rings (SSSR count). The fraction of sp³-hybridized carbons (Fsp3) is 0.318. The Morgan fingerprint density at radius 3 is 2.80 bits per heavy atom. The predicted octanol–water partition coefficient (Wildman–Crippen LogP) is 5.59. The molecule has 3 heterocycles. The minimum absolute atomic E-state index is 0.0217. The molecule has 0 saturated carbocycles. The summed E-state index contributed by atoms with van der Waals surface area (Å²) in [5, 5.41) is 5.31. The van der Waals surface area contributed by atoms with Gasteiger partial charge < -0.3 is 9.64 Å². The fourth-order valence-corrected chi connectivity index (χ4v) is 4.35. The van der Waals surface area contributed by atoms with Crippen LogP contribution in [0.5, 0.6) is 11.6 Å². The second kappa shape index (κ2) is 8.66. The fourth-order valence-electron chi connectivity index (χ4n) is 3.90. The zero-order chi connectivity index (χ0) is 21.3. The molecule has 1 atom stereocenters. The highest BCUT2D eigenvalue weighted by molar-refractivity contribution is 6.35. The van der Waals surface area contributed by atoms with E-state index in [1.807, 2.05) is 30.2 Å². The van der Waals surface area contributed by atoms with E-state index in [9.17, 15) is 4.79 Å². The quantitative estimate of drug-likeness (QED) is 0.525. The van der Waals surface area contributed by atoms with E-state index in [2.05, 4.69) is 10.1 Å². The number of benzene rings is 1. The number of pyridine rings is 1. The summed E-state index contributed by atoms with van der Waals surface area (Å²) in [6.45, 7) is 2.49. The number of rotatable bonds is 4. The van der Waals surface area contributed by atoms with E-state index in [0.29, 0.717) is 39.5 Å². The third-order valence-corrected chi connectivity index (χ3v) is 5.85. The van der Waals surface area contributed by atoms with E-state index in [1.165, 1.54) is 0 Å². The number of aromatic nitrogens is 3. The summed E-state index contributed by atoms with van der Waals surface area (Å²) in [6, 6.07) is 8.87. The van der Waals surface area contributed by atoms with Crippen molar-refractivity contribution in [2.45, 2.75) is 32.2 Å². The van der Waals surface area contributed by atoms with E-state index in [0.717, 1.165) is 24.8 Å². The summed E-state index contributed by atoms with van der Waals surface area (Å²) in [6.07, 6.45) is 6.50. The molecule has 8 heteroatoms. The summed E-state index contributed by atoms with van der Waals surface area (Å²) in [4.78, 5) is 19.8. The summed E-state index contributed by atoms with van der Waals surface area (Å²) in [5.74, 6) is 0.673. The van der Waals surface area contributed by atoms with Gasteiger partial charge in [0, 0.05) is 31.0 Å². The first-order valence-electron chi connectivity index (χ1n) is 9.83. The number of hydrogen-bond acceptors (Lipinski definition) is 4. The summed E-state index contributed by atoms with van der Waals surface area (Å²) in [7, 11) is 1.75. The third-order valence-electron chi connectivity index (χ3n) is 5.32. The van der Waals surface area contributed by atoms with Crippen LogP contribution < -0.4 is 4.74 Å². The van der Waals surface area contributed by atoms with Gasteiger partial charge in [-0.25, -0.2) is 4.68 Å². The van der Waals surface area contributed by atoms with Crippen molar-refractivity contribution in [3.63, 3.8) is 0 Å². The zero-order valence-electron chi connectivity index (χ0n) is 16.8. The van der Waals surface area contributed by atoms with Gasteiger partial charge in [-0.05, 0) is 56.0 Å². The second-order valence-electron chi connectivity index (χ2n) is 7.36. The first kappa shape index (κ1) is 20.7. The molecule has 0 bridgehead atoms. The maximum Gasteiger partial charge on any atom is 0.261 e. The summed E-state index contributed by atoms with van der Waals surface area (Å²) >= 11 is 12.3. The van der Waals surface area contributed by atoms with E-state index >= 15 is 0 Å². The number of nitrogens with zero attached hydrogens (tertiary/aromatic N) is 4. The number of ether oxygens (including phenoxy) is 1. The maximum atomic E-state index is 13.7. The number of hydrogen-bond donors (Lipinski definition) is 0. The lowest BCUT2D eigenvalue weighted by molar-refractivity contribution is 0.0607. The molecule has 0 N–H and O–H groups in total. The number of halogens is 2. The van der Waals surface area contributed by atoms with Crippen molar-refractivity contribution < 1.29 is 9.53 Å². The Bertz CT molecular complexity index is 1070. The van der Waals surface area contributed by atoms with E-state index < -0.39 is 0 Å². The molecule has 3 aromatic rings. The van der Waals surface area contributed by atoms with Gasteiger partial charge in [0.1, 0.15) is 11.3 Å². The lowest BCUT2D eigenvalue weighted by atomic mass is 9.95. The maximum absolute atomic E-state index is 13.7. The predicted molar refractivity (Wildman–Crippen MR) is 116 cm³/mol. The van der Waals surface area contributed by atoms with Gasteiger partial charge in [-0.2, -0.15) is 5.10 Å². The Kier molecular flexibility index (Phi) is 5.97. The number of carbonyl (C=O) groups excluding carboxylic acids is 1. The van der Waals surface area contributed by atoms with Crippen LogP contribution in [0.15, 0.2) is 42.7 Å². The highest BCUT2D eigenvalue weighted by Crippen LogP contribution is 2.37. The van der Waals surface area contributed by atoms with Crippen LogP contribution in [0.4, 0.5) is 0 Å². The largest absolute Gasteiger partial charge is 0.437 e. The van der Waals surface area contributed by atoms with Crippen molar-refractivity contribution in [1.82, 2.24) is 19.7 Å². The Balaban J connectivity index is 1.70. The van der Waals surface area contributed by atoms with E-state index in [-0.39, 0.29) is 11.9 Å². The second-order valence-corrected chi connectivity index (χ2v) is 8.21. The molecule has 1 unspecified atom stereocenters. The van der Waals surface area contributed by atoms with E-state index in [1.54, 1.807) is 36.1 Å². The number of amides is 1. The van der Waals surface area contributed by atoms with Gasteiger partial charge >= 0.3 is 0 Å². The highest BCUT2D eigenvalue weighted by atomic mass is 35.5. The highest BCUT2D eigenvalue weighted by Gasteiger charge is 2.33. The van der Waals surface area contributed by atoms with Gasteiger partial charge in [-0.1, -0.05) is 29.3 Å². The molecule has 0 spiro atoms. The molecule has 1 amide bonds. The van der Waals surface area contributed by atoms with Crippen molar-refractivity contribution in [2.75, 3.05) is 6.54 Å². The Labute approximate surface area is 185 Å². The van der Waals surface area contributed by atoms with E-state index in [4.69, 9.17) is 27.9 Å². The Morgan fingerprint density at radius 1 is 1.23 bits per heavy atom. The molecule has 1 fully saturated rings. The normalized spacial score (nSPS) is 16.5. The molecule has 2 aromatic heterocycles. The number of carbonyl (C=O) groups is 1. The molecule has 1 saturated heterocycles. The van der Waals surface area contributed by atoms with Gasteiger partial charge in [0.05, 0.1) is 16.8 Å². The topological polar surface area (TPSA) is 60.3 Å². The molecule has 156 valence electrons. The van der Waals surface area contributed by atoms with Gasteiger partial charge in [0.2, 0.25) is 5.88 Å². The van der Waals surface area contributed by atoms with Gasteiger partial charge in [0.25, 0.3) is 5.91 Å². The van der Waals surface area contributed by atoms with Crippen LogP contribution in [-0.2, 0) is 7.05 Å². The zero-order valence-corrected chi connectivity index (χ0v) is 18.3. The number of likely N-dealkylation sites (tertiary alicyclic amines) is 1. The third kappa shape index (κ3) is 4.02. The van der Waals surface area contributed by atoms with Crippen LogP contribution in [0.2, 0.25) is 10.0 Å². The lowest BCUT2D eigenvalue weighted by Gasteiger charge is -2.36. The number of aryl methyl sites for hydroxylation is 2. The molecule has 1 aromatic carbocycles.